The molecule has 7 nitrogen and oxygen atoms in total. The second kappa shape index (κ2) is 11.9. The van der Waals surface area contributed by atoms with E-state index in [-0.39, 0.29) is 18.8 Å². The quantitative estimate of drug-likeness (QED) is 0.276. The van der Waals surface area contributed by atoms with Gasteiger partial charge in [0.15, 0.2) is 4.80 Å². The van der Waals surface area contributed by atoms with Gasteiger partial charge in [0.1, 0.15) is 18.1 Å². The fourth-order valence-electron chi connectivity index (χ4n) is 4.61. The molecule has 0 N–H and O–H groups in total. The number of carbonyl (C=O) groups is 1. The van der Waals surface area contributed by atoms with Crippen LogP contribution in [0.15, 0.2) is 93.9 Å². The summed E-state index contributed by atoms with van der Waals surface area (Å²) < 4.78 is 18.9. The number of fused-ring (bicyclic) bond motifs is 1. The number of ether oxygens (including phenoxy) is 3. The van der Waals surface area contributed by atoms with Crippen LogP contribution in [-0.2, 0) is 16.1 Å². The first kappa shape index (κ1) is 27.4. The topological polar surface area (TPSA) is 79.1 Å². The molecule has 1 aromatic heterocycles. The molecule has 2 heterocycles. The van der Waals surface area contributed by atoms with Crippen molar-refractivity contribution in [2.24, 2.45) is 4.99 Å². The standard InChI is InChI=1S/C31H27ClN2O5S/c1-4-38-30(36)27-19(2)33-31-34(28(27)21-9-6-5-7-10-21)29(35)26(40-31)16-20-13-14-25(37-3)22(15-20)18-39-24-12-8-11-23(32)17-24/h5-17,28H,4,18H2,1-3H3/t28-/m1/s1. The first-order chi connectivity index (χ1) is 19.4. The van der Waals surface area contributed by atoms with Crippen molar-refractivity contribution in [2.45, 2.75) is 26.5 Å². The highest BCUT2D eigenvalue weighted by atomic mass is 35.5. The van der Waals surface area contributed by atoms with Crippen LogP contribution in [0.25, 0.3) is 6.08 Å². The molecule has 0 saturated heterocycles. The van der Waals surface area contributed by atoms with E-state index in [0.29, 0.717) is 37.1 Å². The van der Waals surface area contributed by atoms with E-state index >= 15 is 0 Å². The molecule has 0 bridgehead atoms. The maximum Gasteiger partial charge on any atom is 0.338 e. The number of allylic oxidation sites excluding steroid dienone is 1. The minimum absolute atomic E-state index is 0.225. The van der Waals surface area contributed by atoms with Gasteiger partial charge in [-0.25, -0.2) is 9.79 Å². The zero-order valence-corrected chi connectivity index (χ0v) is 23.8. The summed E-state index contributed by atoms with van der Waals surface area (Å²) in [5.41, 5.74) is 3.07. The van der Waals surface area contributed by atoms with Crippen molar-refractivity contribution in [3.8, 4) is 11.5 Å². The molecule has 204 valence electrons. The van der Waals surface area contributed by atoms with Crippen LogP contribution in [0.3, 0.4) is 0 Å². The Morgan fingerprint density at radius 2 is 1.90 bits per heavy atom. The van der Waals surface area contributed by atoms with Crippen molar-refractivity contribution in [1.29, 1.82) is 0 Å². The number of methoxy groups -OCH3 is 1. The normalized spacial score (nSPS) is 14.9. The Bertz CT molecular complexity index is 1780. The predicted molar refractivity (Wildman–Crippen MR) is 156 cm³/mol. The van der Waals surface area contributed by atoms with E-state index in [1.807, 2.05) is 66.7 Å². The van der Waals surface area contributed by atoms with Gasteiger partial charge in [-0.3, -0.25) is 9.36 Å². The van der Waals surface area contributed by atoms with Crippen molar-refractivity contribution < 1.29 is 19.0 Å². The molecular weight excluding hydrogens is 548 g/mol. The number of carbonyl (C=O) groups excluding carboxylic acids is 1. The highest BCUT2D eigenvalue weighted by Gasteiger charge is 2.33. The van der Waals surface area contributed by atoms with E-state index in [4.69, 9.17) is 25.8 Å². The lowest BCUT2D eigenvalue weighted by molar-refractivity contribution is -0.139. The molecule has 0 aliphatic carbocycles. The van der Waals surface area contributed by atoms with Crippen molar-refractivity contribution >= 4 is 35.0 Å². The van der Waals surface area contributed by atoms with E-state index in [1.54, 1.807) is 37.7 Å². The average Bonchev–Trinajstić information content (AvgIpc) is 3.25. The van der Waals surface area contributed by atoms with Crippen LogP contribution in [-0.4, -0.2) is 24.3 Å². The van der Waals surface area contributed by atoms with Crippen LogP contribution >= 0.6 is 22.9 Å². The fraction of sp³-hybridized carbons (Fsp3) is 0.194. The molecule has 0 unspecified atom stereocenters. The number of halogens is 1. The van der Waals surface area contributed by atoms with Gasteiger partial charge in [0.2, 0.25) is 0 Å². The lowest BCUT2D eigenvalue weighted by Crippen LogP contribution is -2.39. The minimum Gasteiger partial charge on any atom is -0.496 e. The fourth-order valence-corrected chi connectivity index (χ4v) is 5.84. The number of nitrogens with zero attached hydrogens (tertiary/aromatic N) is 2. The first-order valence-electron chi connectivity index (χ1n) is 12.7. The number of aromatic nitrogens is 1. The van der Waals surface area contributed by atoms with E-state index in [9.17, 15) is 9.59 Å². The molecule has 0 fully saturated rings. The molecular formula is C31H27ClN2O5S. The molecule has 1 aliphatic heterocycles. The Kier molecular flexibility index (Phi) is 8.19. The van der Waals surface area contributed by atoms with Gasteiger partial charge >= 0.3 is 5.97 Å². The maximum absolute atomic E-state index is 13.8. The van der Waals surface area contributed by atoms with E-state index in [1.165, 1.54) is 11.3 Å². The predicted octanol–water partition coefficient (Wildman–Crippen LogP) is 5.04. The van der Waals surface area contributed by atoms with Gasteiger partial charge < -0.3 is 14.2 Å². The summed E-state index contributed by atoms with van der Waals surface area (Å²) in [6.45, 7) is 4.00. The van der Waals surface area contributed by atoms with Crippen LogP contribution in [0.1, 0.15) is 36.6 Å². The van der Waals surface area contributed by atoms with Crippen molar-refractivity contribution in [2.75, 3.05) is 13.7 Å². The van der Waals surface area contributed by atoms with Crippen molar-refractivity contribution in [3.05, 3.63) is 125 Å². The number of hydrogen-bond acceptors (Lipinski definition) is 7. The molecule has 40 heavy (non-hydrogen) atoms. The van der Waals surface area contributed by atoms with E-state index in [2.05, 4.69) is 4.99 Å². The summed E-state index contributed by atoms with van der Waals surface area (Å²) >= 11 is 7.36. The Balaban J connectivity index is 1.57. The lowest BCUT2D eigenvalue weighted by atomic mass is 9.96. The van der Waals surface area contributed by atoms with Crippen LogP contribution in [0, 0.1) is 0 Å². The number of benzene rings is 3. The number of rotatable bonds is 8. The third-order valence-electron chi connectivity index (χ3n) is 6.42. The second-order valence-electron chi connectivity index (χ2n) is 9.03. The van der Waals surface area contributed by atoms with Crippen LogP contribution in [0.5, 0.6) is 11.5 Å². The molecule has 5 rings (SSSR count). The first-order valence-corrected chi connectivity index (χ1v) is 13.9. The molecule has 0 saturated carbocycles. The van der Waals surface area contributed by atoms with Gasteiger partial charge in [0, 0.05) is 10.6 Å². The molecule has 0 radical (unpaired) electrons. The van der Waals surface area contributed by atoms with Gasteiger partial charge in [0.25, 0.3) is 5.56 Å². The summed E-state index contributed by atoms with van der Waals surface area (Å²) in [6, 6.07) is 21.6. The Morgan fingerprint density at radius 3 is 2.62 bits per heavy atom. The summed E-state index contributed by atoms with van der Waals surface area (Å²) in [7, 11) is 1.60. The zero-order valence-electron chi connectivity index (χ0n) is 22.2. The van der Waals surface area contributed by atoms with Crippen LogP contribution < -0.4 is 24.4 Å². The number of hydrogen-bond donors (Lipinski definition) is 0. The second-order valence-corrected chi connectivity index (χ2v) is 10.5. The highest BCUT2D eigenvalue weighted by molar-refractivity contribution is 7.07. The van der Waals surface area contributed by atoms with Gasteiger partial charge in [-0.15, -0.1) is 0 Å². The highest BCUT2D eigenvalue weighted by Crippen LogP contribution is 2.30. The van der Waals surface area contributed by atoms with Gasteiger partial charge in [-0.05, 0) is 61.4 Å². The summed E-state index contributed by atoms with van der Waals surface area (Å²) in [6.07, 6.45) is 1.82. The summed E-state index contributed by atoms with van der Waals surface area (Å²) in [5, 5.41) is 0.587. The van der Waals surface area contributed by atoms with Crippen molar-refractivity contribution in [3.63, 3.8) is 0 Å². The third kappa shape index (κ3) is 5.59. The molecule has 3 aromatic carbocycles. The molecule has 9 heteroatoms. The van der Waals surface area contributed by atoms with Gasteiger partial charge in [0.05, 0.1) is 35.6 Å². The maximum atomic E-state index is 13.8. The molecule has 1 atom stereocenters. The smallest absolute Gasteiger partial charge is 0.338 e. The Labute approximate surface area is 240 Å². The Morgan fingerprint density at radius 1 is 1.10 bits per heavy atom. The van der Waals surface area contributed by atoms with Crippen molar-refractivity contribution in [1.82, 2.24) is 4.57 Å². The Hall–Kier alpha value is -4.14. The zero-order chi connectivity index (χ0) is 28.2. The van der Waals surface area contributed by atoms with Crippen LogP contribution in [0.2, 0.25) is 5.02 Å². The van der Waals surface area contributed by atoms with E-state index in [0.717, 1.165) is 16.7 Å². The third-order valence-corrected chi connectivity index (χ3v) is 7.64. The van der Waals surface area contributed by atoms with Gasteiger partial charge in [-0.2, -0.15) is 0 Å². The summed E-state index contributed by atoms with van der Waals surface area (Å²) in [5.74, 6) is 0.827. The number of esters is 1. The molecule has 0 spiro atoms. The average molecular weight is 575 g/mol. The van der Waals surface area contributed by atoms with Gasteiger partial charge in [-0.1, -0.05) is 65.4 Å². The summed E-state index contributed by atoms with van der Waals surface area (Å²) in [4.78, 5) is 32.0. The molecule has 4 aromatic rings. The minimum atomic E-state index is -0.642. The number of thiazole rings is 1. The van der Waals surface area contributed by atoms with Crippen LogP contribution in [0.4, 0.5) is 0 Å². The van der Waals surface area contributed by atoms with E-state index < -0.39 is 12.0 Å². The largest absolute Gasteiger partial charge is 0.496 e. The molecule has 0 amide bonds. The monoisotopic (exact) mass is 574 g/mol. The lowest BCUT2D eigenvalue weighted by Gasteiger charge is -2.24. The molecule has 1 aliphatic rings. The SMILES string of the molecule is CCOC(=O)C1=C(C)N=c2sc(=Cc3ccc(OC)c(COc4cccc(Cl)c4)c3)c(=O)n2[C@@H]1c1ccccc1.